The van der Waals surface area contributed by atoms with Crippen LogP contribution in [0.1, 0.15) is 5.56 Å². The normalized spacial score (nSPS) is 11.4. The van der Waals surface area contributed by atoms with E-state index in [9.17, 15) is 8.42 Å². The fourth-order valence-electron chi connectivity index (χ4n) is 1.05. The van der Waals surface area contributed by atoms with E-state index in [2.05, 4.69) is 15.9 Å². The lowest BCUT2D eigenvalue weighted by Crippen LogP contribution is -2.15. The highest BCUT2D eigenvalue weighted by atomic mass is 79.9. The van der Waals surface area contributed by atoms with Crippen LogP contribution in [0.25, 0.3) is 0 Å². The van der Waals surface area contributed by atoms with Crippen LogP contribution in [0.15, 0.2) is 22.7 Å². The van der Waals surface area contributed by atoms with E-state index in [0.717, 1.165) is 4.47 Å². The second kappa shape index (κ2) is 4.29. The summed E-state index contributed by atoms with van der Waals surface area (Å²) in [5.74, 6) is 0.289. The SMILES string of the molecule is COc1cc(Br)ccc1CS(N)(=O)=O. The van der Waals surface area contributed by atoms with Gasteiger partial charge in [0.1, 0.15) is 5.75 Å². The van der Waals surface area contributed by atoms with Gasteiger partial charge in [0.2, 0.25) is 10.0 Å². The first-order valence-corrected chi connectivity index (χ1v) is 6.26. The number of sulfonamides is 1. The van der Waals surface area contributed by atoms with Gasteiger partial charge in [-0.15, -0.1) is 0 Å². The van der Waals surface area contributed by atoms with Crippen LogP contribution in [0.2, 0.25) is 0 Å². The van der Waals surface area contributed by atoms with Crippen LogP contribution >= 0.6 is 15.9 Å². The highest BCUT2D eigenvalue weighted by Gasteiger charge is 2.10. The van der Waals surface area contributed by atoms with Gasteiger partial charge in [0.15, 0.2) is 0 Å². The zero-order valence-electron chi connectivity index (χ0n) is 7.53. The first kappa shape index (κ1) is 11.5. The second-order valence-electron chi connectivity index (χ2n) is 2.76. The minimum atomic E-state index is -3.52. The van der Waals surface area contributed by atoms with Crippen molar-refractivity contribution in [3.8, 4) is 5.75 Å². The summed E-state index contributed by atoms with van der Waals surface area (Å²) >= 11 is 3.26. The summed E-state index contributed by atoms with van der Waals surface area (Å²) in [6.07, 6.45) is 0. The lowest BCUT2D eigenvalue weighted by atomic mass is 10.2. The molecule has 0 atom stereocenters. The molecule has 1 aromatic carbocycles. The van der Waals surface area contributed by atoms with Crippen molar-refractivity contribution in [2.45, 2.75) is 5.75 Å². The number of primary sulfonamides is 1. The molecule has 0 aliphatic carbocycles. The molecular weight excluding hydrogens is 270 g/mol. The molecule has 0 amide bonds. The van der Waals surface area contributed by atoms with Gasteiger partial charge < -0.3 is 4.74 Å². The van der Waals surface area contributed by atoms with Gasteiger partial charge in [-0.3, -0.25) is 0 Å². The number of hydrogen-bond donors (Lipinski definition) is 1. The first-order valence-electron chi connectivity index (χ1n) is 3.75. The second-order valence-corrected chi connectivity index (χ2v) is 5.29. The number of ether oxygens (including phenoxy) is 1. The molecule has 1 rings (SSSR count). The number of nitrogens with two attached hydrogens (primary N) is 1. The molecule has 0 saturated carbocycles. The van der Waals surface area contributed by atoms with Gasteiger partial charge in [-0.1, -0.05) is 22.0 Å². The average Bonchev–Trinajstić information content (AvgIpc) is 2.06. The molecule has 0 unspecified atom stereocenters. The van der Waals surface area contributed by atoms with Crippen LogP contribution in [-0.4, -0.2) is 15.5 Å². The van der Waals surface area contributed by atoms with Crippen molar-refractivity contribution in [2.24, 2.45) is 5.14 Å². The van der Waals surface area contributed by atoms with Crippen molar-refractivity contribution in [3.05, 3.63) is 28.2 Å². The van der Waals surface area contributed by atoms with Crippen molar-refractivity contribution in [1.82, 2.24) is 0 Å². The summed E-state index contributed by atoms with van der Waals surface area (Å²) in [5.41, 5.74) is 0.554. The van der Waals surface area contributed by atoms with Crippen LogP contribution in [0.5, 0.6) is 5.75 Å². The van der Waals surface area contributed by atoms with Crippen molar-refractivity contribution >= 4 is 26.0 Å². The maximum Gasteiger partial charge on any atom is 0.213 e. The standard InChI is InChI=1S/C8H10BrNO3S/c1-13-8-4-7(9)3-2-6(8)5-14(10,11)12/h2-4H,5H2,1H3,(H2,10,11,12). The van der Waals surface area contributed by atoms with Gasteiger partial charge in [-0.25, -0.2) is 13.6 Å². The van der Waals surface area contributed by atoms with E-state index < -0.39 is 10.0 Å². The van der Waals surface area contributed by atoms with Crippen LogP contribution in [0.3, 0.4) is 0 Å². The van der Waals surface area contributed by atoms with Crippen LogP contribution in [0.4, 0.5) is 0 Å². The summed E-state index contributed by atoms with van der Waals surface area (Å²) in [6.45, 7) is 0. The number of hydrogen-bond acceptors (Lipinski definition) is 3. The summed E-state index contributed by atoms with van der Waals surface area (Å²) in [7, 11) is -2.04. The molecule has 4 nitrogen and oxygen atoms in total. The predicted octanol–water partition coefficient (Wildman–Crippen LogP) is 1.25. The lowest BCUT2D eigenvalue weighted by molar-refractivity contribution is 0.410. The Morgan fingerprint density at radius 1 is 1.50 bits per heavy atom. The Hall–Kier alpha value is -0.590. The van der Waals surface area contributed by atoms with Gasteiger partial charge >= 0.3 is 0 Å². The fourth-order valence-corrected chi connectivity index (χ4v) is 2.07. The zero-order valence-corrected chi connectivity index (χ0v) is 9.93. The Labute approximate surface area is 91.2 Å². The molecule has 0 bridgehead atoms. The fraction of sp³-hybridized carbons (Fsp3) is 0.250. The molecule has 0 heterocycles. The van der Waals surface area contributed by atoms with E-state index in [4.69, 9.17) is 9.88 Å². The molecule has 78 valence electrons. The van der Waals surface area contributed by atoms with Crippen molar-refractivity contribution in [3.63, 3.8) is 0 Å². The van der Waals surface area contributed by atoms with E-state index in [1.165, 1.54) is 7.11 Å². The van der Waals surface area contributed by atoms with E-state index in [1.54, 1.807) is 18.2 Å². The highest BCUT2D eigenvalue weighted by Crippen LogP contribution is 2.24. The molecule has 0 aromatic heterocycles. The topological polar surface area (TPSA) is 69.4 Å². The van der Waals surface area contributed by atoms with Gasteiger partial charge in [-0.05, 0) is 12.1 Å². The van der Waals surface area contributed by atoms with Crippen LogP contribution < -0.4 is 9.88 Å². The molecule has 2 N–H and O–H groups in total. The maximum atomic E-state index is 10.9. The summed E-state index contributed by atoms with van der Waals surface area (Å²) in [6, 6.07) is 5.09. The molecular formula is C8H10BrNO3S. The smallest absolute Gasteiger partial charge is 0.213 e. The maximum absolute atomic E-state index is 10.9. The Balaban J connectivity index is 3.09. The van der Waals surface area contributed by atoms with Crippen molar-refractivity contribution in [2.75, 3.05) is 7.11 Å². The third-order valence-corrected chi connectivity index (χ3v) is 2.81. The zero-order chi connectivity index (χ0) is 10.8. The minimum Gasteiger partial charge on any atom is -0.496 e. The largest absolute Gasteiger partial charge is 0.496 e. The van der Waals surface area contributed by atoms with E-state index in [-0.39, 0.29) is 5.75 Å². The molecule has 0 fully saturated rings. The van der Waals surface area contributed by atoms with E-state index in [0.29, 0.717) is 11.3 Å². The molecule has 0 saturated heterocycles. The molecule has 6 heteroatoms. The summed E-state index contributed by atoms with van der Waals surface area (Å²) < 4.78 is 27.6. The van der Waals surface area contributed by atoms with Gasteiger partial charge in [0, 0.05) is 10.0 Å². The monoisotopic (exact) mass is 279 g/mol. The highest BCUT2D eigenvalue weighted by molar-refractivity contribution is 9.10. The van der Waals surface area contributed by atoms with E-state index in [1.807, 2.05) is 0 Å². The molecule has 1 aromatic rings. The van der Waals surface area contributed by atoms with Crippen LogP contribution in [-0.2, 0) is 15.8 Å². The van der Waals surface area contributed by atoms with Crippen molar-refractivity contribution in [1.29, 1.82) is 0 Å². The lowest BCUT2D eigenvalue weighted by Gasteiger charge is -2.07. The molecule has 0 radical (unpaired) electrons. The number of rotatable bonds is 3. The van der Waals surface area contributed by atoms with E-state index >= 15 is 0 Å². The molecule has 0 aliphatic rings. The number of benzene rings is 1. The minimum absolute atomic E-state index is 0.219. The first-order chi connectivity index (χ1) is 6.42. The van der Waals surface area contributed by atoms with Gasteiger partial charge in [0.25, 0.3) is 0 Å². The summed E-state index contributed by atoms with van der Waals surface area (Å²) in [4.78, 5) is 0. The Morgan fingerprint density at radius 2 is 2.14 bits per heavy atom. The Kier molecular flexibility index (Phi) is 3.52. The average molecular weight is 280 g/mol. The van der Waals surface area contributed by atoms with Crippen molar-refractivity contribution < 1.29 is 13.2 Å². The van der Waals surface area contributed by atoms with Gasteiger partial charge in [0.05, 0.1) is 12.9 Å². The predicted molar refractivity (Wildman–Crippen MR) is 57.5 cm³/mol. The Morgan fingerprint density at radius 3 is 2.64 bits per heavy atom. The Bertz CT molecular complexity index is 430. The third kappa shape index (κ3) is 3.28. The quantitative estimate of drug-likeness (QED) is 0.905. The third-order valence-electron chi connectivity index (χ3n) is 1.61. The summed E-state index contributed by atoms with van der Waals surface area (Å²) in [5, 5.41) is 4.93. The van der Waals surface area contributed by atoms with Gasteiger partial charge in [-0.2, -0.15) is 0 Å². The number of halogens is 1. The van der Waals surface area contributed by atoms with Crippen LogP contribution in [0, 0.1) is 0 Å². The molecule has 0 spiro atoms. The molecule has 0 aliphatic heterocycles. The number of methoxy groups -OCH3 is 1. The molecule has 14 heavy (non-hydrogen) atoms.